The molecule has 1 fully saturated rings. The van der Waals surface area contributed by atoms with Gasteiger partial charge in [-0.1, -0.05) is 12.1 Å². The zero-order valence-electron chi connectivity index (χ0n) is 13.4. The molecule has 0 radical (unpaired) electrons. The fourth-order valence-electron chi connectivity index (χ4n) is 2.72. The van der Waals surface area contributed by atoms with Crippen LogP contribution < -0.4 is 9.47 Å². The second kappa shape index (κ2) is 8.41. The highest BCUT2D eigenvalue weighted by atomic mass is 16.5. The summed E-state index contributed by atoms with van der Waals surface area (Å²) in [6.45, 7) is 3.39. The largest absolute Gasteiger partial charge is 0.490 e. The molecule has 1 aromatic carbocycles. The van der Waals surface area contributed by atoms with E-state index in [1.54, 1.807) is 0 Å². The topological polar surface area (TPSA) is 76.1 Å². The third-order valence-corrected chi connectivity index (χ3v) is 3.80. The second-order valence-corrected chi connectivity index (χ2v) is 5.42. The van der Waals surface area contributed by atoms with E-state index in [4.69, 9.17) is 14.6 Å². The number of nitrogens with zero attached hydrogens (tertiary/aromatic N) is 1. The SMILES string of the molecule is CCOc1ccccc1OCCCC(=O)N1CCC[C@H]1C(=O)O. The predicted octanol–water partition coefficient (Wildman–Crippen LogP) is 2.32. The maximum atomic E-state index is 12.1. The van der Waals surface area contributed by atoms with E-state index >= 15 is 0 Å². The van der Waals surface area contributed by atoms with E-state index in [1.165, 1.54) is 4.90 Å². The Morgan fingerprint density at radius 1 is 1.26 bits per heavy atom. The predicted molar refractivity (Wildman–Crippen MR) is 84.7 cm³/mol. The highest BCUT2D eigenvalue weighted by Crippen LogP contribution is 2.26. The van der Waals surface area contributed by atoms with Crippen molar-refractivity contribution >= 4 is 11.9 Å². The average Bonchev–Trinajstić information content (AvgIpc) is 3.03. The van der Waals surface area contributed by atoms with Crippen molar-refractivity contribution in [1.29, 1.82) is 0 Å². The quantitative estimate of drug-likeness (QED) is 0.744. The van der Waals surface area contributed by atoms with Crippen LogP contribution in [0.2, 0.25) is 0 Å². The summed E-state index contributed by atoms with van der Waals surface area (Å²) in [6, 6.07) is 6.74. The third kappa shape index (κ3) is 4.61. The molecule has 1 heterocycles. The lowest BCUT2D eigenvalue weighted by Gasteiger charge is -2.21. The third-order valence-electron chi connectivity index (χ3n) is 3.80. The summed E-state index contributed by atoms with van der Waals surface area (Å²) in [5.41, 5.74) is 0. The molecule has 1 saturated heterocycles. The summed E-state index contributed by atoms with van der Waals surface area (Å²) in [5, 5.41) is 9.10. The minimum Gasteiger partial charge on any atom is -0.490 e. The van der Waals surface area contributed by atoms with Crippen molar-refractivity contribution in [3.8, 4) is 11.5 Å². The van der Waals surface area contributed by atoms with E-state index in [0.29, 0.717) is 50.5 Å². The van der Waals surface area contributed by atoms with Gasteiger partial charge in [-0.2, -0.15) is 0 Å². The van der Waals surface area contributed by atoms with Crippen molar-refractivity contribution in [3.05, 3.63) is 24.3 Å². The Balaban J connectivity index is 1.77. The van der Waals surface area contributed by atoms with Gasteiger partial charge in [0.05, 0.1) is 13.2 Å². The number of carbonyl (C=O) groups is 2. The standard InChI is InChI=1S/C17H23NO5/c1-2-22-14-8-3-4-9-15(14)23-12-6-10-16(19)18-11-5-7-13(18)17(20)21/h3-4,8-9,13H,2,5-7,10-12H2,1H3,(H,20,21)/t13-/m0/s1. The minimum atomic E-state index is -0.919. The maximum absolute atomic E-state index is 12.1. The van der Waals surface area contributed by atoms with Crippen molar-refractivity contribution in [2.75, 3.05) is 19.8 Å². The Hall–Kier alpha value is -2.24. The van der Waals surface area contributed by atoms with Gasteiger partial charge in [-0.05, 0) is 38.3 Å². The Labute approximate surface area is 136 Å². The first-order valence-corrected chi connectivity index (χ1v) is 8.00. The number of hydrogen-bond donors (Lipinski definition) is 1. The monoisotopic (exact) mass is 321 g/mol. The number of para-hydroxylation sites is 2. The van der Waals surface area contributed by atoms with Crippen molar-refractivity contribution in [3.63, 3.8) is 0 Å². The molecule has 0 aliphatic carbocycles. The van der Waals surface area contributed by atoms with Crippen molar-refractivity contribution in [2.45, 2.75) is 38.6 Å². The van der Waals surface area contributed by atoms with Gasteiger partial charge in [-0.15, -0.1) is 0 Å². The van der Waals surface area contributed by atoms with Crippen LogP contribution in [0.25, 0.3) is 0 Å². The fourth-order valence-corrected chi connectivity index (χ4v) is 2.72. The number of carboxylic acid groups (broad SMARTS) is 1. The van der Waals surface area contributed by atoms with Crippen LogP contribution in [0, 0.1) is 0 Å². The number of carboxylic acids is 1. The number of ether oxygens (including phenoxy) is 2. The normalized spacial score (nSPS) is 17.1. The van der Waals surface area contributed by atoms with Crippen molar-refractivity contribution in [2.24, 2.45) is 0 Å². The molecule has 1 aliphatic rings. The molecular weight excluding hydrogens is 298 g/mol. The number of rotatable bonds is 8. The zero-order valence-corrected chi connectivity index (χ0v) is 13.4. The van der Waals surface area contributed by atoms with E-state index < -0.39 is 12.0 Å². The molecule has 126 valence electrons. The first kappa shape index (κ1) is 17.1. The van der Waals surface area contributed by atoms with Gasteiger partial charge in [0.25, 0.3) is 0 Å². The molecule has 0 spiro atoms. The highest BCUT2D eigenvalue weighted by molar-refractivity contribution is 5.84. The van der Waals surface area contributed by atoms with Crippen molar-refractivity contribution < 1.29 is 24.2 Å². The van der Waals surface area contributed by atoms with Crippen LogP contribution in [0.4, 0.5) is 0 Å². The van der Waals surface area contributed by atoms with E-state index in [0.717, 1.165) is 6.42 Å². The van der Waals surface area contributed by atoms with Crippen LogP contribution in [0.1, 0.15) is 32.6 Å². The number of benzene rings is 1. The molecule has 0 bridgehead atoms. The van der Waals surface area contributed by atoms with Gasteiger partial charge >= 0.3 is 5.97 Å². The van der Waals surface area contributed by atoms with Crippen molar-refractivity contribution in [1.82, 2.24) is 4.90 Å². The van der Waals surface area contributed by atoms with E-state index in [1.807, 2.05) is 31.2 Å². The Morgan fingerprint density at radius 3 is 2.61 bits per heavy atom. The molecular formula is C17H23NO5. The molecule has 1 aliphatic heterocycles. The van der Waals surface area contributed by atoms with Gasteiger partial charge in [0.2, 0.25) is 5.91 Å². The van der Waals surface area contributed by atoms with Crippen LogP contribution in [0.3, 0.4) is 0 Å². The fraction of sp³-hybridized carbons (Fsp3) is 0.529. The van der Waals surface area contributed by atoms with Crippen LogP contribution in [0.15, 0.2) is 24.3 Å². The van der Waals surface area contributed by atoms with E-state index in [9.17, 15) is 9.59 Å². The van der Waals surface area contributed by atoms with Gasteiger partial charge in [0.1, 0.15) is 6.04 Å². The van der Waals surface area contributed by atoms with Crippen LogP contribution >= 0.6 is 0 Å². The molecule has 1 N–H and O–H groups in total. The molecule has 23 heavy (non-hydrogen) atoms. The smallest absolute Gasteiger partial charge is 0.326 e. The lowest BCUT2D eigenvalue weighted by atomic mass is 10.2. The summed E-state index contributed by atoms with van der Waals surface area (Å²) in [4.78, 5) is 24.7. The second-order valence-electron chi connectivity index (χ2n) is 5.42. The number of carbonyl (C=O) groups excluding carboxylic acids is 1. The number of hydrogen-bond acceptors (Lipinski definition) is 4. The van der Waals surface area contributed by atoms with Gasteiger partial charge in [0, 0.05) is 13.0 Å². The van der Waals surface area contributed by atoms with Gasteiger partial charge in [0.15, 0.2) is 11.5 Å². The number of likely N-dealkylation sites (tertiary alicyclic amines) is 1. The van der Waals surface area contributed by atoms with Gasteiger partial charge in [-0.25, -0.2) is 4.79 Å². The summed E-state index contributed by atoms with van der Waals surface area (Å²) < 4.78 is 11.1. The molecule has 1 amide bonds. The molecule has 0 aromatic heterocycles. The summed E-state index contributed by atoms with van der Waals surface area (Å²) in [6.07, 6.45) is 2.13. The first-order chi connectivity index (χ1) is 11.1. The number of aliphatic carboxylic acids is 1. The summed E-state index contributed by atoms with van der Waals surface area (Å²) in [5.74, 6) is 0.313. The average molecular weight is 321 g/mol. The Bertz CT molecular complexity index is 546. The van der Waals surface area contributed by atoms with Crippen LogP contribution in [-0.2, 0) is 9.59 Å². The summed E-state index contributed by atoms with van der Waals surface area (Å²) >= 11 is 0. The summed E-state index contributed by atoms with van der Waals surface area (Å²) in [7, 11) is 0. The van der Waals surface area contributed by atoms with Gasteiger partial charge in [-0.3, -0.25) is 4.79 Å². The number of amides is 1. The molecule has 6 nitrogen and oxygen atoms in total. The molecule has 1 atom stereocenters. The molecule has 6 heteroatoms. The van der Waals surface area contributed by atoms with E-state index in [2.05, 4.69) is 0 Å². The Kier molecular flexibility index (Phi) is 6.26. The molecule has 2 rings (SSSR count). The highest BCUT2D eigenvalue weighted by Gasteiger charge is 2.33. The molecule has 1 aromatic rings. The zero-order chi connectivity index (χ0) is 16.7. The lowest BCUT2D eigenvalue weighted by molar-refractivity contribution is -0.148. The molecule has 0 saturated carbocycles. The maximum Gasteiger partial charge on any atom is 0.326 e. The lowest BCUT2D eigenvalue weighted by Crippen LogP contribution is -2.40. The van der Waals surface area contributed by atoms with Crippen LogP contribution in [-0.4, -0.2) is 47.7 Å². The van der Waals surface area contributed by atoms with Crippen LogP contribution in [0.5, 0.6) is 11.5 Å². The molecule has 0 unspecified atom stereocenters. The van der Waals surface area contributed by atoms with Gasteiger partial charge < -0.3 is 19.5 Å². The van der Waals surface area contributed by atoms with E-state index in [-0.39, 0.29) is 5.91 Å². The minimum absolute atomic E-state index is 0.114. The first-order valence-electron chi connectivity index (χ1n) is 8.00. The Morgan fingerprint density at radius 2 is 1.96 bits per heavy atom.